The molecule has 1 saturated heterocycles. The van der Waals surface area contributed by atoms with Crippen LogP contribution in [0.1, 0.15) is 16.1 Å². The number of piperazine rings is 1. The topological polar surface area (TPSA) is 40.9 Å². The van der Waals surface area contributed by atoms with Crippen LogP contribution in [0, 0.1) is 11.6 Å². The maximum atomic E-state index is 14.2. The molecule has 38 heavy (non-hydrogen) atoms. The van der Waals surface area contributed by atoms with Crippen molar-refractivity contribution in [1.29, 1.82) is 0 Å². The summed E-state index contributed by atoms with van der Waals surface area (Å²) < 4.78 is 30.0. The fourth-order valence-electron chi connectivity index (χ4n) is 5.01. The molecule has 0 radical (unpaired) electrons. The SMILES string of the molecule is O=C(c1ccccc1F)N1CCN(Cc2c(-c3ccc(F)cc3)nc3ccc(-c4ccccc4)cn23)CC1. The number of hydrogen-bond donors (Lipinski definition) is 0. The van der Waals surface area contributed by atoms with Crippen molar-refractivity contribution in [1.82, 2.24) is 19.2 Å². The van der Waals surface area contributed by atoms with Gasteiger partial charge in [0.1, 0.15) is 17.3 Å². The molecule has 1 aliphatic rings. The Morgan fingerprint density at radius 1 is 0.737 bits per heavy atom. The molecule has 1 fully saturated rings. The fourth-order valence-corrected chi connectivity index (χ4v) is 5.01. The van der Waals surface area contributed by atoms with Crippen LogP contribution in [-0.2, 0) is 6.54 Å². The predicted molar refractivity (Wildman–Crippen MR) is 144 cm³/mol. The first-order valence-electron chi connectivity index (χ1n) is 12.7. The lowest BCUT2D eigenvalue weighted by Crippen LogP contribution is -2.48. The minimum atomic E-state index is -0.496. The average molecular weight is 509 g/mol. The number of rotatable bonds is 5. The van der Waals surface area contributed by atoms with E-state index in [1.165, 1.54) is 24.3 Å². The van der Waals surface area contributed by atoms with Crippen LogP contribution in [-0.4, -0.2) is 51.3 Å². The predicted octanol–water partition coefficient (Wildman–Crippen LogP) is 5.90. The second-order valence-electron chi connectivity index (χ2n) is 9.47. The maximum Gasteiger partial charge on any atom is 0.256 e. The van der Waals surface area contributed by atoms with E-state index in [-0.39, 0.29) is 17.3 Å². The lowest BCUT2D eigenvalue weighted by atomic mass is 10.1. The standard InChI is InChI=1S/C31H26F2N4O/c32-25-13-10-23(11-14-25)30-28(37-20-24(12-15-29(37)34-30)22-6-2-1-3-7-22)21-35-16-18-36(19-17-35)31(38)26-8-4-5-9-27(26)33/h1-15,20H,16-19,21H2. The largest absolute Gasteiger partial charge is 0.336 e. The van der Waals surface area contributed by atoms with E-state index in [0.717, 1.165) is 33.7 Å². The van der Waals surface area contributed by atoms with E-state index >= 15 is 0 Å². The number of amides is 1. The number of carbonyl (C=O) groups is 1. The zero-order valence-corrected chi connectivity index (χ0v) is 20.7. The second kappa shape index (κ2) is 10.2. The van der Waals surface area contributed by atoms with Crippen LogP contribution in [0.25, 0.3) is 28.0 Å². The number of carbonyl (C=O) groups excluding carboxylic acids is 1. The summed E-state index contributed by atoms with van der Waals surface area (Å²) >= 11 is 0. The molecule has 5 nitrogen and oxygen atoms in total. The van der Waals surface area contributed by atoms with Crippen LogP contribution >= 0.6 is 0 Å². The summed E-state index contributed by atoms with van der Waals surface area (Å²) in [5.41, 5.74) is 5.75. The van der Waals surface area contributed by atoms with Gasteiger partial charge in [0.05, 0.1) is 17.0 Å². The first-order chi connectivity index (χ1) is 18.6. The van der Waals surface area contributed by atoms with Gasteiger partial charge in [-0.1, -0.05) is 42.5 Å². The summed E-state index contributed by atoms with van der Waals surface area (Å²) in [4.78, 5) is 21.8. The van der Waals surface area contributed by atoms with Gasteiger partial charge < -0.3 is 9.30 Å². The highest BCUT2D eigenvalue weighted by Crippen LogP contribution is 2.29. The third-order valence-electron chi connectivity index (χ3n) is 7.08. The van der Waals surface area contributed by atoms with Crippen LogP contribution in [0.3, 0.4) is 0 Å². The van der Waals surface area contributed by atoms with Crippen molar-refractivity contribution >= 4 is 11.6 Å². The van der Waals surface area contributed by atoms with E-state index in [4.69, 9.17) is 4.98 Å². The van der Waals surface area contributed by atoms with Crippen molar-refractivity contribution in [3.05, 3.63) is 120 Å². The lowest BCUT2D eigenvalue weighted by molar-refractivity contribution is 0.0622. The smallest absolute Gasteiger partial charge is 0.256 e. The fraction of sp³-hybridized carbons (Fsp3) is 0.161. The number of nitrogens with zero attached hydrogens (tertiary/aromatic N) is 4. The van der Waals surface area contributed by atoms with Crippen molar-refractivity contribution < 1.29 is 13.6 Å². The van der Waals surface area contributed by atoms with E-state index in [2.05, 4.69) is 33.7 Å². The molecule has 3 aromatic carbocycles. The van der Waals surface area contributed by atoms with Gasteiger partial charge in [0.2, 0.25) is 0 Å². The van der Waals surface area contributed by atoms with Gasteiger partial charge in [-0.15, -0.1) is 0 Å². The Morgan fingerprint density at radius 3 is 2.16 bits per heavy atom. The molecular formula is C31H26F2N4O. The summed E-state index contributed by atoms with van der Waals surface area (Å²) in [6.45, 7) is 2.91. The first kappa shape index (κ1) is 24.0. The normalized spacial score (nSPS) is 14.2. The number of imidazole rings is 1. The van der Waals surface area contributed by atoms with Crippen LogP contribution in [0.5, 0.6) is 0 Å². The molecule has 3 heterocycles. The average Bonchev–Trinajstić information content (AvgIpc) is 3.31. The highest BCUT2D eigenvalue weighted by molar-refractivity contribution is 5.94. The van der Waals surface area contributed by atoms with Crippen molar-refractivity contribution in [3.63, 3.8) is 0 Å². The van der Waals surface area contributed by atoms with Gasteiger partial charge in [-0.05, 0) is 59.7 Å². The molecule has 0 atom stereocenters. The Kier molecular flexibility index (Phi) is 6.43. The van der Waals surface area contributed by atoms with Crippen molar-refractivity contribution in [2.24, 2.45) is 0 Å². The van der Waals surface area contributed by atoms with Crippen LogP contribution in [0.4, 0.5) is 8.78 Å². The number of benzene rings is 3. The first-order valence-corrected chi connectivity index (χ1v) is 12.7. The molecule has 0 aliphatic carbocycles. The molecule has 1 amide bonds. The summed E-state index contributed by atoms with van der Waals surface area (Å²) in [6.07, 6.45) is 2.10. The van der Waals surface area contributed by atoms with E-state index < -0.39 is 5.82 Å². The van der Waals surface area contributed by atoms with Gasteiger partial charge in [0, 0.05) is 44.5 Å². The summed E-state index contributed by atoms with van der Waals surface area (Å²) in [5.74, 6) is -1.07. The lowest BCUT2D eigenvalue weighted by Gasteiger charge is -2.34. The minimum absolute atomic E-state index is 0.106. The highest BCUT2D eigenvalue weighted by atomic mass is 19.1. The van der Waals surface area contributed by atoms with E-state index in [0.29, 0.717) is 32.7 Å². The van der Waals surface area contributed by atoms with Crippen LogP contribution in [0.15, 0.2) is 97.2 Å². The van der Waals surface area contributed by atoms with Gasteiger partial charge in [-0.3, -0.25) is 9.69 Å². The Balaban J connectivity index is 1.30. The third kappa shape index (κ3) is 4.68. The number of fused-ring (bicyclic) bond motifs is 1. The molecule has 2 aromatic heterocycles. The number of halogens is 2. The monoisotopic (exact) mass is 508 g/mol. The Morgan fingerprint density at radius 2 is 1.42 bits per heavy atom. The van der Waals surface area contributed by atoms with Gasteiger partial charge in [-0.25, -0.2) is 13.8 Å². The van der Waals surface area contributed by atoms with Crippen molar-refractivity contribution in [2.45, 2.75) is 6.54 Å². The molecule has 1 aliphatic heterocycles. The molecule has 0 spiro atoms. The van der Waals surface area contributed by atoms with Crippen LogP contribution < -0.4 is 0 Å². The number of hydrogen-bond acceptors (Lipinski definition) is 3. The summed E-state index contributed by atoms with van der Waals surface area (Å²) in [6, 6.07) is 26.7. The Hall–Kier alpha value is -4.36. The molecule has 5 aromatic rings. The zero-order valence-electron chi connectivity index (χ0n) is 20.7. The summed E-state index contributed by atoms with van der Waals surface area (Å²) in [5, 5.41) is 0. The molecule has 7 heteroatoms. The quantitative estimate of drug-likeness (QED) is 0.297. The molecule has 6 rings (SSSR count). The van der Waals surface area contributed by atoms with Gasteiger partial charge in [0.15, 0.2) is 0 Å². The molecule has 190 valence electrons. The molecular weight excluding hydrogens is 482 g/mol. The van der Waals surface area contributed by atoms with Crippen LogP contribution in [0.2, 0.25) is 0 Å². The molecule has 0 bridgehead atoms. The maximum absolute atomic E-state index is 14.2. The second-order valence-corrected chi connectivity index (χ2v) is 9.47. The van der Waals surface area contributed by atoms with E-state index in [9.17, 15) is 13.6 Å². The Bertz CT molecular complexity index is 1590. The number of aromatic nitrogens is 2. The summed E-state index contributed by atoms with van der Waals surface area (Å²) in [7, 11) is 0. The Labute approximate surface area is 219 Å². The molecule has 0 saturated carbocycles. The van der Waals surface area contributed by atoms with Gasteiger partial charge in [-0.2, -0.15) is 0 Å². The van der Waals surface area contributed by atoms with Crippen molar-refractivity contribution in [2.75, 3.05) is 26.2 Å². The third-order valence-corrected chi connectivity index (χ3v) is 7.08. The van der Waals surface area contributed by atoms with Gasteiger partial charge in [0.25, 0.3) is 5.91 Å². The molecule has 0 unspecified atom stereocenters. The molecule has 0 N–H and O–H groups in total. The van der Waals surface area contributed by atoms with E-state index in [1.54, 1.807) is 29.2 Å². The van der Waals surface area contributed by atoms with E-state index in [1.807, 2.05) is 24.3 Å². The highest BCUT2D eigenvalue weighted by Gasteiger charge is 2.26. The number of pyridine rings is 1. The van der Waals surface area contributed by atoms with Crippen molar-refractivity contribution in [3.8, 4) is 22.4 Å². The van der Waals surface area contributed by atoms with Gasteiger partial charge >= 0.3 is 0 Å². The minimum Gasteiger partial charge on any atom is -0.336 e. The zero-order chi connectivity index (χ0) is 26.1.